The third-order valence-corrected chi connectivity index (χ3v) is 4.22. The summed E-state index contributed by atoms with van der Waals surface area (Å²) in [6.45, 7) is 0.368. The van der Waals surface area contributed by atoms with E-state index in [1.807, 2.05) is 0 Å². The zero-order valence-corrected chi connectivity index (χ0v) is 14.0. The minimum absolute atomic E-state index is 0.0338. The van der Waals surface area contributed by atoms with Crippen molar-refractivity contribution in [2.45, 2.75) is 12.8 Å². The molecule has 0 aliphatic carbocycles. The van der Waals surface area contributed by atoms with Gasteiger partial charge >= 0.3 is 5.97 Å². The van der Waals surface area contributed by atoms with Crippen LogP contribution in [0.4, 0.5) is 5.69 Å². The Hall–Kier alpha value is -3.35. The Morgan fingerprint density at radius 1 is 1.19 bits per heavy atom. The number of amides is 1. The van der Waals surface area contributed by atoms with E-state index >= 15 is 0 Å². The molecule has 7 nitrogen and oxygen atoms in total. The van der Waals surface area contributed by atoms with Gasteiger partial charge in [0, 0.05) is 22.7 Å². The topological polar surface area (TPSA) is 126 Å². The highest BCUT2D eigenvalue weighted by atomic mass is 16.5. The minimum atomic E-state index is -0.857. The number of carbonyl (C=O) groups is 2. The van der Waals surface area contributed by atoms with Crippen molar-refractivity contribution in [3.63, 3.8) is 0 Å². The molecule has 1 aliphatic rings. The Morgan fingerprint density at radius 3 is 2.54 bits per heavy atom. The first-order valence-corrected chi connectivity index (χ1v) is 8.15. The fourth-order valence-corrected chi connectivity index (χ4v) is 2.91. The maximum atomic E-state index is 12.5. The van der Waals surface area contributed by atoms with Gasteiger partial charge in [-0.3, -0.25) is 15.0 Å². The quantitative estimate of drug-likeness (QED) is 0.484. The molecule has 1 unspecified atom stereocenters. The first-order valence-electron chi connectivity index (χ1n) is 8.15. The van der Waals surface area contributed by atoms with Gasteiger partial charge in [0.05, 0.1) is 13.0 Å². The molecule has 0 spiro atoms. The van der Waals surface area contributed by atoms with Crippen LogP contribution in [-0.4, -0.2) is 29.4 Å². The van der Waals surface area contributed by atoms with Crippen LogP contribution < -0.4 is 15.8 Å². The largest absolute Gasteiger partial charge is 0.493 e. The van der Waals surface area contributed by atoms with Gasteiger partial charge in [-0.05, 0) is 54.4 Å². The number of fused-ring (bicyclic) bond motifs is 1. The van der Waals surface area contributed by atoms with Crippen LogP contribution in [0.15, 0.2) is 42.5 Å². The zero-order valence-electron chi connectivity index (χ0n) is 14.0. The van der Waals surface area contributed by atoms with Gasteiger partial charge in [0.25, 0.3) is 5.91 Å². The lowest BCUT2D eigenvalue weighted by molar-refractivity contribution is -0.138. The molecule has 0 saturated heterocycles. The van der Waals surface area contributed by atoms with Crippen LogP contribution in [0.3, 0.4) is 0 Å². The lowest BCUT2D eigenvalue weighted by Gasteiger charge is -2.24. The third-order valence-electron chi connectivity index (χ3n) is 4.22. The SMILES string of the molecule is N=C(N)c1ccc(NC(=O)c2ccc3c(c2)CC(CC(=O)O)CO3)cc1. The highest BCUT2D eigenvalue weighted by Crippen LogP contribution is 2.29. The molecule has 0 bridgehead atoms. The molecule has 0 saturated carbocycles. The number of nitrogens with one attached hydrogen (secondary N) is 2. The molecule has 0 fully saturated rings. The van der Waals surface area contributed by atoms with Gasteiger partial charge in [-0.25, -0.2) is 0 Å². The van der Waals surface area contributed by atoms with E-state index in [1.165, 1.54) is 0 Å². The van der Waals surface area contributed by atoms with Crippen LogP contribution in [0.25, 0.3) is 0 Å². The average molecular weight is 353 g/mol. The molecule has 5 N–H and O–H groups in total. The lowest BCUT2D eigenvalue weighted by atomic mass is 9.93. The number of rotatable bonds is 5. The smallest absolute Gasteiger partial charge is 0.303 e. The predicted molar refractivity (Wildman–Crippen MR) is 96.8 cm³/mol. The molecule has 1 atom stereocenters. The van der Waals surface area contributed by atoms with Crippen molar-refractivity contribution in [2.75, 3.05) is 11.9 Å². The highest BCUT2D eigenvalue weighted by Gasteiger charge is 2.23. The van der Waals surface area contributed by atoms with E-state index < -0.39 is 5.97 Å². The molecule has 2 aromatic rings. The van der Waals surface area contributed by atoms with E-state index in [9.17, 15) is 9.59 Å². The normalized spacial score (nSPS) is 15.5. The van der Waals surface area contributed by atoms with Crippen molar-refractivity contribution in [3.05, 3.63) is 59.2 Å². The van der Waals surface area contributed by atoms with Gasteiger partial charge in [0.2, 0.25) is 0 Å². The van der Waals surface area contributed by atoms with Gasteiger partial charge < -0.3 is 20.9 Å². The number of anilines is 1. The molecule has 1 heterocycles. The number of carbonyl (C=O) groups excluding carboxylic acids is 1. The van der Waals surface area contributed by atoms with E-state index in [4.69, 9.17) is 21.0 Å². The summed E-state index contributed by atoms with van der Waals surface area (Å²) in [5, 5.41) is 19.1. The number of carboxylic acid groups (broad SMARTS) is 1. The summed E-state index contributed by atoms with van der Waals surface area (Å²) in [5.74, 6) is -0.575. The van der Waals surface area contributed by atoms with Gasteiger partial charge in [0.1, 0.15) is 11.6 Å². The third kappa shape index (κ3) is 4.00. The molecular weight excluding hydrogens is 334 g/mol. The molecule has 3 rings (SSSR count). The maximum Gasteiger partial charge on any atom is 0.303 e. The molecule has 2 aromatic carbocycles. The van der Waals surface area contributed by atoms with Crippen molar-refractivity contribution in [1.29, 1.82) is 5.41 Å². The minimum Gasteiger partial charge on any atom is -0.493 e. The Morgan fingerprint density at radius 2 is 1.88 bits per heavy atom. The summed E-state index contributed by atoms with van der Waals surface area (Å²) in [4.78, 5) is 23.3. The Bertz CT molecular complexity index is 862. The molecule has 1 aliphatic heterocycles. The van der Waals surface area contributed by atoms with E-state index in [0.717, 1.165) is 5.56 Å². The summed E-state index contributed by atoms with van der Waals surface area (Å²) in [6, 6.07) is 11.8. The number of hydrogen-bond acceptors (Lipinski definition) is 4. The summed E-state index contributed by atoms with van der Waals surface area (Å²) in [5.41, 5.74) is 7.89. The van der Waals surface area contributed by atoms with Crippen LogP contribution in [0.1, 0.15) is 27.9 Å². The zero-order chi connectivity index (χ0) is 18.7. The van der Waals surface area contributed by atoms with E-state index in [1.54, 1.807) is 42.5 Å². The number of amidine groups is 1. The molecule has 0 aromatic heterocycles. The van der Waals surface area contributed by atoms with Crippen LogP contribution in [0.2, 0.25) is 0 Å². The molecule has 7 heteroatoms. The molecule has 0 radical (unpaired) electrons. The van der Waals surface area contributed by atoms with E-state index in [-0.39, 0.29) is 24.1 Å². The van der Waals surface area contributed by atoms with Crippen molar-refractivity contribution < 1.29 is 19.4 Å². The second-order valence-electron chi connectivity index (χ2n) is 6.25. The number of nitrogens with two attached hydrogens (primary N) is 1. The van der Waals surface area contributed by atoms with Crippen LogP contribution >= 0.6 is 0 Å². The predicted octanol–water partition coefficient (Wildman–Crippen LogP) is 2.25. The second kappa shape index (κ2) is 7.26. The van der Waals surface area contributed by atoms with Crippen molar-refractivity contribution >= 4 is 23.4 Å². The maximum absolute atomic E-state index is 12.5. The standard InChI is InChI=1S/C19H19N3O4/c20-18(21)12-1-4-15(5-2-12)22-19(25)13-3-6-16-14(9-13)7-11(10-26-16)8-17(23)24/h1-6,9,11H,7-8,10H2,(H3,20,21)(H,22,25)(H,23,24). The van der Waals surface area contributed by atoms with Crippen LogP contribution in [0, 0.1) is 11.3 Å². The monoisotopic (exact) mass is 353 g/mol. The van der Waals surface area contributed by atoms with Gasteiger partial charge in [0.15, 0.2) is 0 Å². The fraction of sp³-hybridized carbons (Fsp3) is 0.211. The van der Waals surface area contributed by atoms with Crippen LogP contribution in [0.5, 0.6) is 5.75 Å². The first-order chi connectivity index (χ1) is 12.4. The number of hydrogen-bond donors (Lipinski definition) is 4. The number of aliphatic carboxylic acids is 1. The molecule has 134 valence electrons. The number of benzene rings is 2. The summed E-state index contributed by atoms with van der Waals surface area (Å²) >= 11 is 0. The fourth-order valence-electron chi connectivity index (χ4n) is 2.91. The number of carboxylic acids is 1. The summed E-state index contributed by atoms with van der Waals surface area (Å²) in [7, 11) is 0. The van der Waals surface area contributed by atoms with Crippen molar-refractivity contribution in [3.8, 4) is 5.75 Å². The van der Waals surface area contributed by atoms with Gasteiger partial charge in [-0.1, -0.05) is 0 Å². The van der Waals surface area contributed by atoms with E-state index in [0.29, 0.717) is 35.6 Å². The first kappa shape index (κ1) is 17.5. The number of ether oxygens (including phenoxy) is 1. The molecule has 26 heavy (non-hydrogen) atoms. The van der Waals surface area contributed by atoms with Crippen molar-refractivity contribution in [2.24, 2.45) is 11.7 Å². The van der Waals surface area contributed by atoms with Gasteiger partial charge in [-0.15, -0.1) is 0 Å². The second-order valence-corrected chi connectivity index (χ2v) is 6.25. The Kier molecular flexibility index (Phi) is 4.88. The van der Waals surface area contributed by atoms with E-state index in [2.05, 4.69) is 5.32 Å². The Balaban J connectivity index is 1.72. The van der Waals surface area contributed by atoms with Gasteiger partial charge in [-0.2, -0.15) is 0 Å². The van der Waals surface area contributed by atoms with Crippen molar-refractivity contribution in [1.82, 2.24) is 0 Å². The summed E-state index contributed by atoms with van der Waals surface area (Å²) < 4.78 is 5.60. The highest BCUT2D eigenvalue weighted by molar-refractivity contribution is 6.04. The summed E-state index contributed by atoms with van der Waals surface area (Å²) in [6.07, 6.45) is 0.606. The number of nitrogen functional groups attached to an aromatic ring is 1. The average Bonchev–Trinajstić information content (AvgIpc) is 2.61. The Labute approximate surface area is 150 Å². The molecular formula is C19H19N3O4. The molecule has 1 amide bonds. The van der Waals surface area contributed by atoms with Crippen LogP contribution in [-0.2, 0) is 11.2 Å². The lowest BCUT2D eigenvalue weighted by Crippen LogP contribution is -2.24.